The van der Waals surface area contributed by atoms with E-state index in [1.807, 2.05) is 0 Å². The van der Waals surface area contributed by atoms with Gasteiger partial charge in [-0.2, -0.15) is 0 Å². The third-order valence-electron chi connectivity index (χ3n) is 12.2. The van der Waals surface area contributed by atoms with Crippen LogP contribution in [0.3, 0.4) is 0 Å². The van der Waals surface area contributed by atoms with Gasteiger partial charge in [0.15, 0.2) is 0 Å². The minimum atomic E-state index is -0.100. The summed E-state index contributed by atoms with van der Waals surface area (Å²) in [5.41, 5.74) is 13.6. The largest absolute Gasteiger partial charge is 0.310 e. The van der Waals surface area contributed by atoms with Crippen LogP contribution in [0.25, 0.3) is 76.5 Å². The lowest BCUT2D eigenvalue weighted by molar-refractivity contribution is 0.660. The maximum Gasteiger partial charge on any atom is 0.0468 e. The van der Waals surface area contributed by atoms with Gasteiger partial charge in [-0.15, -0.1) is 0 Å². The van der Waals surface area contributed by atoms with E-state index < -0.39 is 0 Å². The Morgan fingerprint density at radius 2 is 0.804 bits per heavy atom. The monoisotopic (exact) mass is 713 g/mol. The molecule has 0 atom stereocenters. The highest BCUT2D eigenvalue weighted by molar-refractivity contribution is 6.25. The van der Waals surface area contributed by atoms with E-state index in [1.54, 1.807) is 0 Å². The molecule has 1 aliphatic carbocycles. The maximum absolute atomic E-state index is 2.43. The lowest BCUT2D eigenvalue weighted by atomic mass is 9.82. The van der Waals surface area contributed by atoms with Crippen LogP contribution < -0.4 is 4.90 Å². The number of hydrogen-bond acceptors (Lipinski definition) is 1. The van der Waals surface area contributed by atoms with Crippen molar-refractivity contribution >= 4 is 60.2 Å². The Kier molecular flexibility index (Phi) is 7.28. The summed E-state index contributed by atoms with van der Waals surface area (Å²) in [6, 6.07) is 74.0. The Morgan fingerprint density at radius 3 is 1.55 bits per heavy atom. The van der Waals surface area contributed by atoms with Crippen molar-refractivity contribution in [1.82, 2.24) is 0 Å². The first-order chi connectivity index (χ1) is 27.5. The summed E-state index contributed by atoms with van der Waals surface area (Å²) in [7, 11) is 0. The van der Waals surface area contributed by atoms with Crippen LogP contribution in [0.1, 0.15) is 25.0 Å². The van der Waals surface area contributed by atoms with E-state index in [9.17, 15) is 0 Å². The zero-order valence-corrected chi connectivity index (χ0v) is 31.5. The van der Waals surface area contributed by atoms with Crippen LogP contribution >= 0.6 is 0 Å². The first kappa shape index (κ1) is 32.5. The van der Waals surface area contributed by atoms with Crippen molar-refractivity contribution in [3.05, 3.63) is 211 Å². The number of fused-ring (bicyclic) bond motifs is 10. The average molecular weight is 714 g/mol. The Bertz CT molecular complexity index is 3120. The minimum Gasteiger partial charge on any atom is -0.310 e. The summed E-state index contributed by atoms with van der Waals surface area (Å²) in [6.07, 6.45) is 0. The molecule has 1 aliphatic rings. The molecule has 10 aromatic carbocycles. The second-order valence-corrected chi connectivity index (χ2v) is 15.7. The molecule has 0 spiro atoms. The van der Waals surface area contributed by atoms with Crippen molar-refractivity contribution < 1.29 is 0 Å². The summed E-state index contributed by atoms with van der Waals surface area (Å²) in [5.74, 6) is 0. The minimum absolute atomic E-state index is 0.100. The van der Waals surface area contributed by atoms with Crippen molar-refractivity contribution in [1.29, 1.82) is 0 Å². The summed E-state index contributed by atoms with van der Waals surface area (Å²) in [4.78, 5) is 2.43. The second-order valence-electron chi connectivity index (χ2n) is 15.7. The van der Waals surface area contributed by atoms with E-state index in [-0.39, 0.29) is 5.41 Å². The van der Waals surface area contributed by atoms with Crippen LogP contribution in [0.5, 0.6) is 0 Å². The van der Waals surface area contributed by atoms with Gasteiger partial charge in [-0.05, 0) is 136 Å². The van der Waals surface area contributed by atoms with Crippen LogP contribution in [0.2, 0.25) is 0 Å². The van der Waals surface area contributed by atoms with E-state index in [0.29, 0.717) is 0 Å². The molecule has 1 nitrogen and oxygen atoms in total. The normalized spacial score (nSPS) is 13.0. The van der Waals surface area contributed by atoms with Gasteiger partial charge >= 0.3 is 0 Å². The van der Waals surface area contributed by atoms with Gasteiger partial charge in [0.25, 0.3) is 0 Å². The van der Waals surface area contributed by atoms with Crippen molar-refractivity contribution in [3.8, 4) is 33.4 Å². The predicted octanol–water partition coefficient (Wildman–Crippen LogP) is 15.4. The Balaban J connectivity index is 1.05. The number of nitrogens with zero attached hydrogens (tertiary/aromatic N) is 1. The Hall–Kier alpha value is -6.96. The third kappa shape index (κ3) is 5.08. The maximum atomic E-state index is 2.43. The Morgan fingerprint density at radius 1 is 0.304 bits per heavy atom. The van der Waals surface area contributed by atoms with E-state index in [2.05, 4.69) is 219 Å². The fourth-order valence-corrected chi connectivity index (χ4v) is 9.35. The van der Waals surface area contributed by atoms with E-state index in [0.717, 1.165) is 17.1 Å². The zero-order chi connectivity index (χ0) is 37.4. The molecule has 264 valence electrons. The highest BCUT2D eigenvalue weighted by Crippen LogP contribution is 2.51. The first-order valence-electron chi connectivity index (χ1n) is 19.6. The van der Waals surface area contributed by atoms with Crippen LogP contribution in [0, 0.1) is 0 Å². The van der Waals surface area contributed by atoms with Crippen LogP contribution in [0.15, 0.2) is 200 Å². The van der Waals surface area contributed by atoms with Gasteiger partial charge in [0.1, 0.15) is 0 Å². The molecule has 0 saturated heterocycles. The SMILES string of the molecule is CC1(C)c2ccccc2-c2ccc(N(c3ccc(-c4ccc5c6ccccc6c6ccccc6c5c4)cc3)c3ccc4ccc(-c5ccccc5)cc4c3)cc21. The molecule has 0 unspecified atom stereocenters. The van der Waals surface area contributed by atoms with Gasteiger partial charge in [0.2, 0.25) is 0 Å². The predicted molar refractivity (Wildman–Crippen MR) is 240 cm³/mol. The average Bonchev–Trinajstić information content (AvgIpc) is 3.49. The van der Waals surface area contributed by atoms with Gasteiger partial charge in [0.05, 0.1) is 0 Å². The molecule has 56 heavy (non-hydrogen) atoms. The van der Waals surface area contributed by atoms with E-state index in [4.69, 9.17) is 0 Å². The molecule has 0 fully saturated rings. The quantitative estimate of drug-likeness (QED) is 0.161. The lowest BCUT2D eigenvalue weighted by Gasteiger charge is -2.28. The molecule has 0 bridgehead atoms. The molecule has 11 rings (SSSR count). The van der Waals surface area contributed by atoms with Crippen molar-refractivity contribution in [2.75, 3.05) is 4.90 Å². The Labute approximate surface area is 327 Å². The summed E-state index contributed by atoms with van der Waals surface area (Å²) < 4.78 is 0. The fourth-order valence-electron chi connectivity index (χ4n) is 9.35. The van der Waals surface area contributed by atoms with Crippen molar-refractivity contribution in [2.45, 2.75) is 19.3 Å². The molecule has 0 aromatic heterocycles. The number of rotatable bonds is 5. The van der Waals surface area contributed by atoms with E-state index >= 15 is 0 Å². The molecule has 1 heteroatoms. The highest BCUT2D eigenvalue weighted by Gasteiger charge is 2.35. The van der Waals surface area contributed by atoms with Gasteiger partial charge in [-0.3, -0.25) is 0 Å². The molecule has 0 amide bonds. The van der Waals surface area contributed by atoms with Gasteiger partial charge in [-0.25, -0.2) is 0 Å². The molecular weight excluding hydrogens is 675 g/mol. The van der Waals surface area contributed by atoms with Crippen molar-refractivity contribution in [3.63, 3.8) is 0 Å². The number of hydrogen-bond donors (Lipinski definition) is 0. The molecule has 0 saturated carbocycles. The van der Waals surface area contributed by atoms with Gasteiger partial charge in [-0.1, -0.05) is 166 Å². The fraction of sp³-hybridized carbons (Fsp3) is 0.0545. The van der Waals surface area contributed by atoms with Gasteiger partial charge < -0.3 is 4.90 Å². The summed E-state index contributed by atoms with van der Waals surface area (Å²) in [6.45, 7) is 4.72. The molecule has 0 heterocycles. The van der Waals surface area contributed by atoms with Crippen LogP contribution in [-0.2, 0) is 5.41 Å². The summed E-state index contributed by atoms with van der Waals surface area (Å²) in [5, 5.41) is 10.2. The zero-order valence-electron chi connectivity index (χ0n) is 31.5. The lowest BCUT2D eigenvalue weighted by Crippen LogP contribution is -2.16. The molecule has 10 aromatic rings. The molecular formula is C55H39N. The number of anilines is 3. The van der Waals surface area contributed by atoms with Gasteiger partial charge in [0, 0.05) is 22.5 Å². The number of benzene rings is 10. The first-order valence-corrected chi connectivity index (χ1v) is 19.6. The third-order valence-corrected chi connectivity index (χ3v) is 12.2. The molecule has 0 N–H and O–H groups in total. The van der Waals surface area contributed by atoms with E-state index in [1.165, 1.54) is 87.6 Å². The van der Waals surface area contributed by atoms with Crippen LogP contribution in [-0.4, -0.2) is 0 Å². The van der Waals surface area contributed by atoms with Crippen molar-refractivity contribution in [2.24, 2.45) is 0 Å². The summed E-state index contributed by atoms with van der Waals surface area (Å²) >= 11 is 0. The topological polar surface area (TPSA) is 3.24 Å². The smallest absolute Gasteiger partial charge is 0.0468 e. The molecule has 0 aliphatic heterocycles. The molecule has 0 radical (unpaired) electrons. The second kappa shape index (κ2) is 12.5. The van der Waals surface area contributed by atoms with Crippen LogP contribution in [0.4, 0.5) is 17.1 Å². The standard InChI is InChI=1S/C55H39N/c1-55(2)53-19-11-10-18-50(53)51-31-29-44(35-54(51)55)56(43-28-24-38-20-21-39(32-41(38)33-43)36-12-4-3-5-13-36)42-26-22-37(23-27-42)40-25-30-49-47-16-7-6-14-45(47)46-15-8-9-17-48(46)52(49)34-40/h3-35H,1-2H3. The highest BCUT2D eigenvalue weighted by atomic mass is 15.1.